The molecule has 1 aliphatic carbocycles. The Labute approximate surface area is 60.8 Å². The molecule has 1 atom stereocenters. The van der Waals surface area contributed by atoms with E-state index in [2.05, 4.69) is 6.07 Å². The monoisotopic (exact) mass is 137 g/mol. The van der Waals surface area contributed by atoms with Gasteiger partial charge < -0.3 is 5.11 Å². The zero-order valence-electron chi connectivity index (χ0n) is 6.09. The molecule has 0 amide bonds. The van der Waals surface area contributed by atoms with Crippen LogP contribution in [0.3, 0.4) is 0 Å². The quantitative estimate of drug-likeness (QED) is 0.548. The fourth-order valence-electron chi connectivity index (χ4n) is 1.24. The Bertz CT molecular complexity index is 198. The Balaban J connectivity index is 2.78. The minimum Gasteiger partial charge on any atom is -0.386 e. The van der Waals surface area contributed by atoms with Gasteiger partial charge in [0.1, 0.15) is 0 Å². The molecule has 1 aliphatic rings. The van der Waals surface area contributed by atoms with Crippen LogP contribution in [-0.4, -0.2) is 10.7 Å². The number of nitrogens with zero attached hydrogens (tertiary/aromatic N) is 1. The predicted octanol–water partition coefficient (Wildman–Crippen LogP) is 1.37. The molecule has 0 heterocycles. The summed E-state index contributed by atoms with van der Waals surface area (Å²) in [7, 11) is 0. The van der Waals surface area contributed by atoms with Crippen LogP contribution in [0.2, 0.25) is 0 Å². The van der Waals surface area contributed by atoms with E-state index >= 15 is 0 Å². The molecule has 0 aliphatic heterocycles. The minimum atomic E-state index is -0.733. The fourth-order valence-corrected chi connectivity index (χ4v) is 1.24. The lowest BCUT2D eigenvalue weighted by Gasteiger charge is -2.23. The number of aliphatic hydroxyl groups is 1. The molecule has 10 heavy (non-hydrogen) atoms. The van der Waals surface area contributed by atoms with E-state index in [-0.39, 0.29) is 0 Å². The SMILES string of the molecule is C[C@]1(O)C=C(C#N)CCC1. The minimum absolute atomic E-state index is 0.719. The van der Waals surface area contributed by atoms with Gasteiger partial charge in [0.25, 0.3) is 0 Å². The lowest BCUT2D eigenvalue weighted by atomic mass is 9.89. The van der Waals surface area contributed by atoms with Crippen LogP contribution in [-0.2, 0) is 0 Å². The van der Waals surface area contributed by atoms with E-state index in [0.29, 0.717) is 0 Å². The zero-order valence-corrected chi connectivity index (χ0v) is 6.09. The standard InChI is InChI=1S/C8H11NO/c1-8(10)4-2-3-7(5-8)6-9/h5,10H,2-4H2,1H3/t8-/m1/s1. The van der Waals surface area contributed by atoms with Crippen molar-refractivity contribution in [2.75, 3.05) is 0 Å². The van der Waals surface area contributed by atoms with Gasteiger partial charge in [-0.1, -0.05) is 0 Å². The maximum atomic E-state index is 9.45. The molecule has 0 radical (unpaired) electrons. The Morgan fingerprint density at radius 3 is 2.90 bits per heavy atom. The molecule has 1 N–H and O–H groups in total. The molecule has 2 heteroatoms. The third-order valence-corrected chi connectivity index (χ3v) is 1.76. The summed E-state index contributed by atoms with van der Waals surface area (Å²) in [6.45, 7) is 1.74. The van der Waals surface area contributed by atoms with Gasteiger partial charge in [0.05, 0.1) is 11.7 Å². The topological polar surface area (TPSA) is 44.0 Å². The zero-order chi connectivity index (χ0) is 7.61. The molecule has 1 rings (SSSR count). The van der Waals surface area contributed by atoms with Crippen LogP contribution < -0.4 is 0 Å². The molecule has 0 aromatic carbocycles. The second kappa shape index (κ2) is 2.43. The molecule has 0 aromatic heterocycles. The average molecular weight is 137 g/mol. The highest BCUT2D eigenvalue weighted by atomic mass is 16.3. The van der Waals surface area contributed by atoms with E-state index in [9.17, 15) is 5.11 Å². The highest BCUT2D eigenvalue weighted by molar-refractivity contribution is 5.26. The summed E-state index contributed by atoms with van der Waals surface area (Å²) in [4.78, 5) is 0. The highest BCUT2D eigenvalue weighted by Crippen LogP contribution is 2.25. The molecule has 0 saturated heterocycles. The van der Waals surface area contributed by atoms with Gasteiger partial charge >= 0.3 is 0 Å². The Hall–Kier alpha value is -0.810. The molecule has 0 aromatic rings. The third kappa shape index (κ3) is 1.58. The smallest absolute Gasteiger partial charge is 0.0944 e. The Morgan fingerprint density at radius 1 is 1.80 bits per heavy atom. The molecule has 0 spiro atoms. The van der Waals surface area contributed by atoms with E-state index in [1.807, 2.05) is 0 Å². The van der Waals surface area contributed by atoms with Gasteiger partial charge in [0.2, 0.25) is 0 Å². The van der Waals surface area contributed by atoms with Gasteiger partial charge in [-0.2, -0.15) is 5.26 Å². The van der Waals surface area contributed by atoms with Crippen LogP contribution in [0.5, 0.6) is 0 Å². The van der Waals surface area contributed by atoms with Crippen molar-refractivity contribution in [3.05, 3.63) is 11.6 Å². The van der Waals surface area contributed by atoms with Gasteiger partial charge in [0.15, 0.2) is 0 Å². The Kier molecular flexibility index (Phi) is 1.78. The lowest BCUT2D eigenvalue weighted by molar-refractivity contribution is 0.0937. The molecular weight excluding hydrogens is 126 g/mol. The summed E-state index contributed by atoms with van der Waals surface area (Å²) in [5, 5.41) is 17.9. The molecular formula is C8H11NO. The first-order valence-electron chi connectivity index (χ1n) is 3.48. The van der Waals surface area contributed by atoms with Crippen LogP contribution in [0.4, 0.5) is 0 Å². The lowest BCUT2D eigenvalue weighted by Crippen LogP contribution is -2.23. The van der Waals surface area contributed by atoms with Crippen molar-refractivity contribution in [3.8, 4) is 6.07 Å². The summed E-state index contributed by atoms with van der Waals surface area (Å²) in [5.41, 5.74) is -0.0141. The largest absolute Gasteiger partial charge is 0.386 e. The van der Waals surface area contributed by atoms with Crippen LogP contribution in [0.15, 0.2) is 11.6 Å². The number of nitriles is 1. The molecule has 0 unspecified atom stereocenters. The second-order valence-corrected chi connectivity index (χ2v) is 2.99. The van der Waals surface area contributed by atoms with Crippen molar-refractivity contribution >= 4 is 0 Å². The van der Waals surface area contributed by atoms with Crippen molar-refractivity contribution in [2.24, 2.45) is 0 Å². The average Bonchev–Trinajstić information content (AvgIpc) is 1.86. The molecule has 0 bridgehead atoms. The van der Waals surface area contributed by atoms with Gasteiger partial charge in [-0.25, -0.2) is 0 Å². The van der Waals surface area contributed by atoms with Crippen LogP contribution >= 0.6 is 0 Å². The van der Waals surface area contributed by atoms with Gasteiger partial charge in [0, 0.05) is 5.57 Å². The highest BCUT2D eigenvalue weighted by Gasteiger charge is 2.21. The van der Waals surface area contributed by atoms with E-state index in [4.69, 9.17) is 5.26 Å². The molecule has 0 saturated carbocycles. The van der Waals surface area contributed by atoms with E-state index < -0.39 is 5.60 Å². The number of allylic oxidation sites excluding steroid dienone is 1. The van der Waals surface area contributed by atoms with Crippen LogP contribution in [0.1, 0.15) is 26.2 Å². The summed E-state index contributed by atoms with van der Waals surface area (Å²) >= 11 is 0. The van der Waals surface area contributed by atoms with E-state index in [0.717, 1.165) is 24.8 Å². The van der Waals surface area contributed by atoms with Crippen LogP contribution in [0.25, 0.3) is 0 Å². The maximum absolute atomic E-state index is 9.45. The number of hydrogen-bond acceptors (Lipinski definition) is 2. The van der Waals surface area contributed by atoms with Gasteiger partial charge in [-0.3, -0.25) is 0 Å². The summed E-state index contributed by atoms with van der Waals surface area (Å²) < 4.78 is 0. The first-order chi connectivity index (χ1) is 4.64. The normalized spacial score (nSPS) is 32.7. The van der Waals surface area contributed by atoms with Crippen molar-refractivity contribution < 1.29 is 5.11 Å². The van der Waals surface area contributed by atoms with Crippen molar-refractivity contribution in [3.63, 3.8) is 0 Å². The van der Waals surface area contributed by atoms with E-state index in [1.54, 1.807) is 13.0 Å². The molecule has 2 nitrogen and oxygen atoms in total. The van der Waals surface area contributed by atoms with Crippen molar-refractivity contribution in [1.82, 2.24) is 0 Å². The van der Waals surface area contributed by atoms with Crippen molar-refractivity contribution in [1.29, 1.82) is 5.26 Å². The van der Waals surface area contributed by atoms with Gasteiger partial charge in [-0.15, -0.1) is 0 Å². The van der Waals surface area contributed by atoms with E-state index in [1.165, 1.54) is 0 Å². The number of rotatable bonds is 0. The first kappa shape index (κ1) is 7.30. The summed E-state index contributed by atoms with van der Waals surface area (Å²) in [6.07, 6.45) is 4.19. The first-order valence-corrected chi connectivity index (χ1v) is 3.48. The molecule has 0 fully saturated rings. The predicted molar refractivity (Wildman–Crippen MR) is 38.2 cm³/mol. The molecule has 54 valence electrons. The summed E-state index contributed by atoms with van der Waals surface area (Å²) in [6, 6.07) is 2.06. The summed E-state index contributed by atoms with van der Waals surface area (Å²) in [5.74, 6) is 0. The third-order valence-electron chi connectivity index (χ3n) is 1.76. The fraction of sp³-hybridized carbons (Fsp3) is 0.625. The Morgan fingerprint density at radius 2 is 2.50 bits per heavy atom. The number of hydrogen-bond donors (Lipinski definition) is 1. The second-order valence-electron chi connectivity index (χ2n) is 2.99. The maximum Gasteiger partial charge on any atom is 0.0944 e. The van der Waals surface area contributed by atoms with Gasteiger partial charge in [-0.05, 0) is 32.3 Å². The van der Waals surface area contributed by atoms with Crippen molar-refractivity contribution in [2.45, 2.75) is 31.8 Å². The van der Waals surface area contributed by atoms with Crippen LogP contribution in [0, 0.1) is 11.3 Å².